The van der Waals surface area contributed by atoms with Gasteiger partial charge in [0.05, 0.1) is 12.8 Å². The van der Waals surface area contributed by atoms with Crippen LogP contribution in [-0.4, -0.2) is 33.6 Å². The average Bonchev–Trinajstić information content (AvgIpc) is 2.46. The van der Waals surface area contributed by atoms with Crippen molar-refractivity contribution < 1.29 is 13.2 Å². The van der Waals surface area contributed by atoms with Gasteiger partial charge in [-0.3, -0.25) is 0 Å². The minimum Gasteiger partial charge on any atom is -0.497 e. The SMILES string of the molecule is COc1ccc(S(=O)(=O)NCC2CCSCC2)c(N)c1. The number of nitrogen functional groups attached to an aromatic ring is 1. The minimum atomic E-state index is -3.55. The largest absolute Gasteiger partial charge is 0.497 e. The van der Waals surface area contributed by atoms with Crippen molar-refractivity contribution >= 4 is 27.5 Å². The summed E-state index contributed by atoms with van der Waals surface area (Å²) in [4.78, 5) is 0.114. The Morgan fingerprint density at radius 1 is 1.40 bits per heavy atom. The van der Waals surface area contributed by atoms with Gasteiger partial charge in [0, 0.05) is 12.6 Å². The number of nitrogens with two attached hydrogens (primary N) is 1. The lowest BCUT2D eigenvalue weighted by Crippen LogP contribution is -2.31. The first-order chi connectivity index (χ1) is 9.53. The standard InChI is InChI=1S/C13H20N2O3S2/c1-18-11-2-3-13(12(14)8-11)20(16,17)15-9-10-4-6-19-7-5-10/h2-3,8,10,15H,4-7,9,14H2,1H3. The van der Waals surface area contributed by atoms with E-state index in [2.05, 4.69) is 4.72 Å². The third kappa shape index (κ3) is 3.80. The van der Waals surface area contributed by atoms with Crippen molar-refractivity contribution in [1.82, 2.24) is 4.72 Å². The topological polar surface area (TPSA) is 81.4 Å². The Labute approximate surface area is 124 Å². The van der Waals surface area contributed by atoms with Crippen molar-refractivity contribution in [2.45, 2.75) is 17.7 Å². The fourth-order valence-corrected chi connectivity index (χ4v) is 4.59. The number of benzene rings is 1. The molecule has 0 spiro atoms. The first-order valence-corrected chi connectivity index (χ1v) is 9.17. The monoisotopic (exact) mass is 316 g/mol. The van der Waals surface area contributed by atoms with Gasteiger partial charge in [0.15, 0.2) is 0 Å². The van der Waals surface area contributed by atoms with Crippen LogP contribution in [-0.2, 0) is 10.0 Å². The van der Waals surface area contributed by atoms with Crippen LogP contribution in [0.25, 0.3) is 0 Å². The predicted octanol–water partition coefficient (Wildman–Crippen LogP) is 1.70. The van der Waals surface area contributed by atoms with Gasteiger partial charge in [-0.1, -0.05) is 0 Å². The zero-order valence-corrected chi connectivity index (χ0v) is 13.1. The van der Waals surface area contributed by atoms with Crippen molar-refractivity contribution in [1.29, 1.82) is 0 Å². The molecule has 112 valence electrons. The molecule has 1 aliphatic rings. The zero-order chi connectivity index (χ0) is 14.6. The molecule has 20 heavy (non-hydrogen) atoms. The third-order valence-corrected chi connectivity index (χ3v) is 5.96. The molecular weight excluding hydrogens is 296 g/mol. The van der Waals surface area contributed by atoms with Crippen LogP contribution < -0.4 is 15.2 Å². The molecule has 1 aromatic carbocycles. The quantitative estimate of drug-likeness (QED) is 0.808. The lowest BCUT2D eigenvalue weighted by atomic mass is 10.0. The van der Waals surface area contributed by atoms with Crippen LogP contribution in [0.5, 0.6) is 5.75 Å². The van der Waals surface area contributed by atoms with Gasteiger partial charge in [-0.05, 0) is 42.4 Å². The number of nitrogens with one attached hydrogen (secondary N) is 1. The molecule has 1 aromatic rings. The summed E-state index contributed by atoms with van der Waals surface area (Å²) in [6.07, 6.45) is 2.12. The fourth-order valence-electron chi connectivity index (χ4n) is 2.15. The molecule has 0 amide bonds. The predicted molar refractivity (Wildman–Crippen MR) is 82.6 cm³/mol. The van der Waals surface area contributed by atoms with E-state index in [0.717, 1.165) is 24.3 Å². The Bertz CT molecular complexity index is 555. The number of rotatable bonds is 5. The maximum absolute atomic E-state index is 12.3. The molecule has 3 N–H and O–H groups in total. The molecule has 2 rings (SSSR count). The van der Waals surface area contributed by atoms with Gasteiger partial charge in [0.2, 0.25) is 10.0 Å². The second kappa shape index (κ2) is 6.69. The van der Waals surface area contributed by atoms with Gasteiger partial charge in [-0.15, -0.1) is 0 Å². The smallest absolute Gasteiger partial charge is 0.242 e. The molecule has 0 saturated carbocycles. The van der Waals surface area contributed by atoms with Crippen LogP contribution in [0.4, 0.5) is 5.69 Å². The van der Waals surface area contributed by atoms with Crippen LogP contribution in [0.15, 0.2) is 23.1 Å². The maximum Gasteiger partial charge on any atom is 0.242 e. The van der Waals surface area contributed by atoms with Crippen LogP contribution in [0, 0.1) is 5.92 Å². The molecule has 0 atom stereocenters. The van der Waals surface area contributed by atoms with E-state index >= 15 is 0 Å². The number of hydrogen-bond donors (Lipinski definition) is 2. The van der Waals surface area contributed by atoms with Crippen LogP contribution in [0.3, 0.4) is 0 Å². The highest BCUT2D eigenvalue weighted by Crippen LogP contribution is 2.25. The molecule has 1 heterocycles. The van der Waals surface area contributed by atoms with Gasteiger partial charge in [0.25, 0.3) is 0 Å². The summed E-state index contributed by atoms with van der Waals surface area (Å²) in [5.41, 5.74) is 5.99. The second-order valence-electron chi connectivity index (χ2n) is 4.81. The van der Waals surface area contributed by atoms with E-state index in [-0.39, 0.29) is 10.6 Å². The number of ether oxygens (including phenoxy) is 1. The van der Waals surface area contributed by atoms with E-state index in [1.54, 1.807) is 6.07 Å². The second-order valence-corrected chi connectivity index (χ2v) is 7.77. The van der Waals surface area contributed by atoms with E-state index in [9.17, 15) is 8.42 Å². The molecular formula is C13H20N2O3S2. The summed E-state index contributed by atoms with van der Waals surface area (Å²) in [6.45, 7) is 0.481. The highest BCUT2D eigenvalue weighted by molar-refractivity contribution is 7.99. The Morgan fingerprint density at radius 3 is 2.70 bits per heavy atom. The highest BCUT2D eigenvalue weighted by Gasteiger charge is 2.21. The van der Waals surface area contributed by atoms with E-state index in [4.69, 9.17) is 10.5 Å². The molecule has 0 aliphatic carbocycles. The Morgan fingerprint density at radius 2 is 2.10 bits per heavy atom. The first-order valence-electron chi connectivity index (χ1n) is 6.54. The molecule has 0 aromatic heterocycles. The van der Waals surface area contributed by atoms with Gasteiger partial charge in [0.1, 0.15) is 10.6 Å². The molecule has 7 heteroatoms. The molecule has 5 nitrogen and oxygen atoms in total. The summed E-state index contributed by atoms with van der Waals surface area (Å²) < 4.78 is 32.2. The number of thioether (sulfide) groups is 1. The Balaban J connectivity index is 2.05. The zero-order valence-electron chi connectivity index (χ0n) is 11.5. The lowest BCUT2D eigenvalue weighted by molar-refractivity contribution is 0.414. The lowest BCUT2D eigenvalue weighted by Gasteiger charge is -2.21. The van der Waals surface area contributed by atoms with E-state index in [1.165, 1.54) is 19.2 Å². The average molecular weight is 316 g/mol. The normalized spacial score (nSPS) is 17.1. The highest BCUT2D eigenvalue weighted by atomic mass is 32.2. The summed E-state index contributed by atoms with van der Waals surface area (Å²) in [6, 6.07) is 4.60. The maximum atomic E-state index is 12.3. The Hall–Kier alpha value is -0.920. The summed E-state index contributed by atoms with van der Waals surface area (Å²) in [5, 5.41) is 0. The molecule has 1 saturated heterocycles. The van der Waals surface area contributed by atoms with Gasteiger partial charge < -0.3 is 10.5 Å². The van der Waals surface area contributed by atoms with Crippen molar-refractivity contribution in [2.24, 2.45) is 5.92 Å². The fraction of sp³-hybridized carbons (Fsp3) is 0.538. The minimum absolute atomic E-state index is 0.114. The number of anilines is 1. The number of sulfonamides is 1. The van der Waals surface area contributed by atoms with Crippen LogP contribution >= 0.6 is 11.8 Å². The third-order valence-electron chi connectivity index (χ3n) is 3.41. The van der Waals surface area contributed by atoms with E-state index < -0.39 is 10.0 Å². The summed E-state index contributed by atoms with van der Waals surface area (Å²) in [5.74, 6) is 3.19. The summed E-state index contributed by atoms with van der Waals surface area (Å²) >= 11 is 1.92. The van der Waals surface area contributed by atoms with Gasteiger partial charge in [-0.2, -0.15) is 11.8 Å². The van der Waals surface area contributed by atoms with Crippen molar-refractivity contribution in [3.63, 3.8) is 0 Å². The van der Waals surface area contributed by atoms with E-state index in [1.807, 2.05) is 11.8 Å². The van der Waals surface area contributed by atoms with Gasteiger partial charge in [-0.25, -0.2) is 13.1 Å². The van der Waals surface area contributed by atoms with Crippen molar-refractivity contribution in [3.05, 3.63) is 18.2 Å². The van der Waals surface area contributed by atoms with Crippen molar-refractivity contribution in [2.75, 3.05) is 30.9 Å². The molecule has 1 fully saturated rings. The van der Waals surface area contributed by atoms with Crippen molar-refractivity contribution in [3.8, 4) is 5.75 Å². The Kier molecular flexibility index (Phi) is 5.17. The first kappa shape index (κ1) is 15.5. The van der Waals surface area contributed by atoms with Crippen LogP contribution in [0.2, 0.25) is 0 Å². The molecule has 0 bridgehead atoms. The van der Waals surface area contributed by atoms with Gasteiger partial charge >= 0.3 is 0 Å². The molecule has 1 aliphatic heterocycles. The van der Waals surface area contributed by atoms with E-state index in [0.29, 0.717) is 18.2 Å². The molecule has 0 unspecified atom stereocenters. The number of methoxy groups -OCH3 is 1. The summed E-state index contributed by atoms with van der Waals surface area (Å²) in [7, 11) is -2.04. The molecule has 0 radical (unpaired) electrons. The number of hydrogen-bond acceptors (Lipinski definition) is 5. The van der Waals surface area contributed by atoms with Crippen LogP contribution in [0.1, 0.15) is 12.8 Å².